The van der Waals surface area contributed by atoms with Crippen molar-refractivity contribution in [2.24, 2.45) is 0 Å². The summed E-state index contributed by atoms with van der Waals surface area (Å²) < 4.78 is 0. The van der Waals surface area contributed by atoms with Crippen LogP contribution in [0.4, 0.5) is 11.4 Å². The van der Waals surface area contributed by atoms with Gasteiger partial charge < -0.3 is 15.5 Å². The maximum absolute atomic E-state index is 12.9. The maximum atomic E-state index is 12.9. The van der Waals surface area contributed by atoms with Crippen LogP contribution in [0.2, 0.25) is 0 Å². The van der Waals surface area contributed by atoms with Crippen LogP contribution < -0.4 is 15.5 Å². The largest absolute Gasteiger partial charge is 0.367 e. The number of hydrogen-bond acceptors (Lipinski definition) is 7. The first-order valence-corrected chi connectivity index (χ1v) is 10.3. The quantitative estimate of drug-likeness (QED) is 0.483. The first kappa shape index (κ1) is 17.8. The van der Waals surface area contributed by atoms with E-state index in [1.807, 2.05) is 24.3 Å². The molecular formula is C20H19N7OS. The van der Waals surface area contributed by atoms with Crippen molar-refractivity contribution in [2.75, 3.05) is 36.4 Å². The summed E-state index contributed by atoms with van der Waals surface area (Å²) in [7, 11) is 0. The number of carbonyl (C=O) groups excluding carboxylic acids is 1. The van der Waals surface area contributed by atoms with Gasteiger partial charge in [-0.05, 0) is 12.1 Å². The Hall–Kier alpha value is -3.30. The van der Waals surface area contributed by atoms with E-state index < -0.39 is 0 Å². The highest BCUT2D eigenvalue weighted by Crippen LogP contribution is 2.30. The standard InChI is InChI=1S/C20H19N7OS/c28-19(24-15-11-22-5-4-17(15)27-8-6-21-7-9-27)16-12-29-20(25-16)14-3-1-2-13-10-23-26-18(13)14/h1-5,10-12,21H,6-9H2,(H,23,26)(H,24,28). The third kappa shape index (κ3) is 3.45. The van der Waals surface area contributed by atoms with Gasteiger partial charge in [0.2, 0.25) is 0 Å². The highest BCUT2D eigenvalue weighted by Gasteiger charge is 2.18. The SMILES string of the molecule is O=C(Nc1cnccc1N1CCNCC1)c1csc(-c2cccc3cn[nH]c23)n1. The number of H-pyrrole nitrogens is 1. The second kappa shape index (κ2) is 7.61. The van der Waals surface area contributed by atoms with Crippen LogP contribution >= 0.6 is 11.3 Å². The number of nitrogens with zero attached hydrogens (tertiary/aromatic N) is 4. The molecule has 1 aliphatic rings. The van der Waals surface area contributed by atoms with E-state index in [0.29, 0.717) is 11.4 Å². The Bertz CT molecular complexity index is 1160. The Morgan fingerprint density at radius 1 is 1.17 bits per heavy atom. The number of pyridine rings is 1. The van der Waals surface area contributed by atoms with Crippen LogP contribution in [0.1, 0.15) is 10.5 Å². The van der Waals surface area contributed by atoms with Crippen LogP contribution in [0.3, 0.4) is 0 Å². The molecule has 146 valence electrons. The Morgan fingerprint density at radius 2 is 2.07 bits per heavy atom. The molecule has 1 amide bonds. The van der Waals surface area contributed by atoms with Crippen molar-refractivity contribution >= 4 is 39.5 Å². The molecule has 1 saturated heterocycles. The fourth-order valence-corrected chi connectivity index (χ4v) is 4.33. The lowest BCUT2D eigenvalue weighted by atomic mass is 10.1. The number of rotatable bonds is 4. The smallest absolute Gasteiger partial charge is 0.275 e. The summed E-state index contributed by atoms with van der Waals surface area (Å²) >= 11 is 1.44. The predicted octanol–water partition coefficient (Wildman–Crippen LogP) is 2.74. The second-order valence-corrected chi connectivity index (χ2v) is 7.62. The Morgan fingerprint density at radius 3 is 2.97 bits per heavy atom. The summed E-state index contributed by atoms with van der Waals surface area (Å²) in [5, 5.41) is 17.0. The lowest BCUT2D eigenvalue weighted by Gasteiger charge is -2.30. The lowest BCUT2D eigenvalue weighted by molar-refractivity contribution is 0.102. The van der Waals surface area contributed by atoms with Crippen LogP contribution in [0.15, 0.2) is 48.2 Å². The minimum Gasteiger partial charge on any atom is -0.367 e. The maximum Gasteiger partial charge on any atom is 0.275 e. The number of fused-ring (bicyclic) bond motifs is 1. The van der Waals surface area contributed by atoms with E-state index in [2.05, 4.69) is 35.7 Å². The number of anilines is 2. The van der Waals surface area contributed by atoms with E-state index in [9.17, 15) is 4.79 Å². The number of benzene rings is 1. The van der Waals surface area contributed by atoms with Crippen LogP contribution in [0, 0.1) is 0 Å². The molecule has 0 unspecified atom stereocenters. The van der Waals surface area contributed by atoms with Crippen LogP contribution in [-0.4, -0.2) is 52.3 Å². The molecule has 0 saturated carbocycles. The highest BCUT2D eigenvalue weighted by atomic mass is 32.1. The van der Waals surface area contributed by atoms with E-state index in [4.69, 9.17) is 0 Å². The average Bonchev–Trinajstić information content (AvgIpc) is 3.44. The number of para-hydroxylation sites is 1. The van der Waals surface area contributed by atoms with Crippen LogP contribution in [0.25, 0.3) is 21.5 Å². The van der Waals surface area contributed by atoms with E-state index in [0.717, 1.165) is 53.3 Å². The van der Waals surface area contributed by atoms with E-state index in [1.54, 1.807) is 24.0 Å². The van der Waals surface area contributed by atoms with E-state index >= 15 is 0 Å². The van der Waals surface area contributed by atoms with Gasteiger partial charge in [-0.15, -0.1) is 11.3 Å². The molecule has 4 aromatic rings. The van der Waals surface area contributed by atoms with Gasteiger partial charge in [-0.3, -0.25) is 14.9 Å². The van der Waals surface area contributed by atoms with Gasteiger partial charge in [-0.1, -0.05) is 12.1 Å². The van der Waals surface area contributed by atoms with Crippen LogP contribution in [0.5, 0.6) is 0 Å². The van der Waals surface area contributed by atoms with Crippen molar-refractivity contribution in [3.8, 4) is 10.6 Å². The number of piperazine rings is 1. The molecule has 3 aromatic heterocycles. The van der Waals surface area contributed by atoms with Crippen molar-refractivity contribution in [1.82, 2.24) is 25.5 Å². The van der Waals surface area contributed by atoms with Gasteiger partial charge in [0.25, 0.3) is 5.91 Å². The summed E-state index contributed by atoms with van der Waals surface area (Å²) in [6.45, 7) is 3.62. The van der Waals surface area contributed by atoms with Gasteiger partial charge in [0, 0.05) is 48.7 Å². The Kier molecular flexibility index (Phi) is 4.66. The highest BCUT2D eigenvalue weighted by molar-refractivity contribution is 7.13. The zero-order valence-electron chi connectivity index (χ0n) is 15.6. The first-order valence-electron chi connectivity index (χ1n) is 9.38. The zero-order chi connectivity index (χ0) is 19.6. The molecule has 5 rings (SSSR count). The number of hydrogen-bond donors (Lipinski definition) is 3. The predicted molar refractivity (Wildman–Crippen MR) is 114 cm³/mol. The average molecular weight is 405 g/mol. The lowest BCUT2D eigenvalue weighted by Crippen LogP contribution is -2.43. The summed E-state index contributed by atoms with van der Waals surface area (Å²) in [5.74, 6) is -0.242. The van der Waals surface area contributed by atoms with Gasteiger partial charge in [0.15, 0.2) is 0 Å². The summed E-state index contributed by atoms with van der Waals surface area (Å²) in [6.07, 6.45) is 5.22. The summed E-state index contributed by atoms with van der Waals surface area (Å²) in [4.78, 5) is 23.9. The van der Waals surface area contributed by atoms with Crippen molar-refractivity contribution in [3.05, 3.63) is 53.9 Å². The molecule has 0 bridgehead atoms. The van der Waals surface area contributed by atoms with E-state index in [-0.39, 0.29) is 5.91 Å². The monoisotopic (exact) mass is 405 g/mol. The minimum atomic E-state index is -0.242. The van der Waals surface area contributed by atoms with Crippen LogP contribution in [-0.2, 0) is 0 Å². The Balaban J connectivity index is 1.40. The summed E-state index contributed by atoms with van der Waals surface area (Å²) in [6, 6.07) is 7.87. The van der Waals surface area contributed by atoms with Gasteiger partial charge in [0.1, 0.15) is 10.7 Å². The topological polar surface area (TPSA) is 98.8 Å². The molecular weight excluding hydrogens is 386 g/mol. The van der Waals surface area contributed by atoms with Gasteiger partial charge in [0.05, 0.1) is 29.3 Å². The van der Waals surface area contributed by atoms with Crippen molar-refractivity contribution in [3.63, 3.8) is 0 Å². The fraction of sp³-hybridized carbons (Fsp3) is 0.200. The molecule has 3 N–H and O–H groups in total. The molecule has 1 aromatic carbocycles. The number of amides is 1. The number of aromatic amines is 1. The third-order valence-corrected chi connectivity index (χ3v) is 5.82. The molecule has 1 aliphatic heterocycles. The van der Waals surface area contributed by atoms with Crippen molar-refractivity contribution in [2.45, 2.75) is 0 Å². The second-order valence-electron chi connectivity index (χ2n) is 6.76. The molecule has 0 aliphatic carbocycles. The molecule has 8 nitrogen and oxygen atoms in total. The van der Waals surface area contributed by atoms with Gasteiger partial charge in [-0.25, -0.2) is 4.98 Å². The molecule has 9 heteroatoms. The number of aromatic nitrogens is 4. The number of thiazole rings is 1. The van der Waals surface area contributed by atoms with Crippen molar-refractivity contribution < 1.29 is 4.79 Å². The molecule has 0 radical (unpaired) electrons. The molecule has 29 heavy (non-hydrogen) atoms. The number of carbonyl (C=O) groups is 1. The fourth-order valence-electron chi connectivity index (χ4n) is 3.50. The molecule has 0 atom stereocenters. The zero-order valence-corrected chi connectivity index (χ0v) is 16.4. The normalized spacial score (nSPS) is 14.3. The molecule has 0 spiro atoms. The minimum absolute atomic E-state index is 0.242. The van der Waals surface area contributed by atoms with Gasteiger partial charge in [-0.2, -0.15) is 5.10 Å². The third-order valence-electron chi connectivity index (χ3n) is 4.95. The van der Waals surface area contributed by atoms with Gasteiger partial charge >= 0.3 is 0 Å². The first-order chi connectivity index (χ1) is 14.3. The molecule has 1 fully saturated rings. The molecule has 4 heterocycles. The van der Waals surface area contributed by atoms with Crippen molar-refractivity contribution in [1.29, 1.82) is 0 Å². The summed E-state index contributed by atoms with van der Waals surface area (Å²) in [5.41, 5.74) is 3.92. The van der Waals surface area contributed by atoms with E-state index in [1.165, 1.54) is 11.3 Å². The Labute approximate surface area is 171 Å². The number of nitrogens with one attached hydrogen (secondary N) is 3.